The van der Waals surface area contributed by atoms with Crippen LogP contribution in [0.5, 0.6) is 0 Å². The number of benzene rings is 2. The Bertz CT molecular complexity index is 1060. The van der Waals surface area contributed by atoms with Gasteiger partial charge in [-0.05, 0) is 29.7 Å². The molecule has 0 saturated heterocycles. The van der Waals surface area contributed by atoms with Gasteiger partial charge in [0.1, 0.15) is 5.15 Å². The van der Waals surface area contributed by atoms with Crippen LogP contribution >= 0.6 is 11.6 Å². The molecule has 0 atom stereocenters. The highest BCUT2D eigenvalue weighted by Gasteiger charge is 2.13. The molecule has 2 aromatic carbocycles. The topological polar surface area (TPSA) is 64.1 Å². The van der Waals surface area contributed by atoms with Crippen LogP contribution in [0.4, 0.5) is 0 Å². The highest BCUT2D eigenvalue weighted by atomic mass is 35.5. The standard InChI is InChI=1S/C20H18ClNO3S/c1-26(24,25)13-15-8-6-14(7-9-15)10-11-19(23)17-12-20(21)22-18-5-3-2-4-16(17)18/h2-9,12H,10-11,13H2,1H3. The van der Waals surface area contributed by atoms with Crippen LogP contribution in [0, 0.1) is 0 Å². The number of rotatable bonds is 6. The summed E-state index contributed by atoms with van der Waals surface area (Å²) in [6, 6.07) is 16.4. The normalized spacial score (nSPS) is 11.6. The van der Waals surface area contributed by atoms with Gasteiger partial charge in [-0.25, -0.2) is 13.4 Å². The van der Waals surface area contributed by atoms with Gasteiger partial charge in [0.05, 0.1) is 11.3 Å². The molecule has 0 radical (unpaired) electrons. The Morgan fingerprint density at radius 2 is 1.69 bits per heavy atom. The molecule has 3 rings (SSSR count). The van der Waals surface area contributed by atoms with Crippen LogP contribution < -0.4 is 0 Å². The van der Waals surface area contributed by atoms with E-state index in [-0.39, 0.29) is 11.5 Å². The number of pyridine rings is 1. The Morgan fingerprint density at radius 1 is 1.04 bits per heavy atom. The van der Waals surface area contributed by atoms with Gasteiger partial charge < -0.3 is 0 Å². The number of aromatic nitrogens is 1. The third-order valence-electron chi connectivity index (χ3n) is 4.08. The zero-order chi connectivity index (χ0) is 18.7. The molecule has 1 aromatic heterocycles. The first-order valence-corrected chi connectivity index (χ1v) is 10.6. The molecule has 0 aliphatic rings. The zero-order valence-corrected chi connectivity index (χ0v) is 15.8. The highest BCUT2D eigenvalue weighted by Crippen LogP contribution is 2.22. The van der Waals surface area contributed by atoms with E-state index < -0.39 is 9.84 Å². The average Bonchev–Trinajstić information content (AvgIpc) is 2.58. The Kier molecular flexibility index (Phi) is 5.39. The van der Waals surface area contributed by atoms with E-state index in [1.165, 1.54) is 6.26 Å². The lowest BCUT2D eigenvalue weighted by Gasteiger charge is -2.07. The van der Waals surface area contributed by atoms with Gasteiger partial charge in [-0.1, -0.05) is 54.1 Å². The summed E-state index contributed by atoms with van der Waals surface area (Å²) in [7, 11) is -3.05. The van der Waals surface area contributed by atoms with Crippen molar-refractivity contribution in [3.8, 4) is 0 Å². The van der Waals surface area contributed by atoms with Crippen molar-refractivity contribution in [1.29, 1.82) is 0 Å². The molecule has 0 bridgehead atoms. The number of sulfone groups is 1. The molecule has 0 unspecified atom stereocenters. The first-order chi connectivity index (χ1) is 12.3. The summed E-state index contributed by atoms with van der Waals surface area (Å²) in [4.78, 5) is 16.9. The lowest BCUT2D eigenvalue weighted by Crippen LogP contribution is -2.04. The first-order valence-electron chi connectivity index (χ1n) is 8.16. The maximum atomic E-state index is 12.7. The van der Waals surface area contributed by atoms with E-state index >= 15 is 0 Å². The summed E-state index contributed by atoms with van der Waals surface area (Å²) in [5, 5.41) is 1.10. The van der Waals surface area contributed by atoms with E-state index in [0.29, 0.717) is 29.1 Å². The Labute approximate surface area is 157 Å². The highest BCUT2D eigenvalue weighted by molar-refractivity contribution is 7.89. The molecule has 0 aliphatic heterocycles. The van der Waals surface area contributed by atoms with E-state index in [1.54, 1.807) is 18.2 Å². The minimum absolute atomic E-state index is 0.00529. The van der Waals surface area contributed by atoms with Gasteiger partial charge in [-0.15, -0.1) is 0 Å². The van der Waals surface area contributed by atoms with E-state index in [4.69, 9.17) is 11.6 Å². The van der Waals surface area contributed by atoms with Crippen molar-refractivity contribution in [2.75, 3.05) is 6.26 Å². The van der Waals surface area contributed by atoms with Gasteiger partial charge in [0, 0.05) is 23.6 Å². The minimum Gasteiger partial charge on any atom is -0.294 e. The van der Waals surface area contributed by atoms with Crippen LogP contribution in [0.1, 0.15) is 27.9 Å². The molecule has 0 N–H and O–H groups in total. The maximum Gasteiger partial charge on any atom is 0.163 e. The smallest absolute Gasteiger partial charge is 0.163 e. The van der Waals surface area contributed by atoms with Gasteiger partial charge in [0.15, 0.2) is 15.6 Å². The van der Waals surface area contributed by atoms with E-state index in [1.807, 2.05) is 36.4 Å². The Balaban J connectivity index is 1.73. The van der Waals surface area contributed by atoms with Crippen molar-refractivity contribution >= 4 is 38.1 Å². The number of para-hydroxylation sites is 1. The van der Waals surface area contributed by atoms with Crippen molar-refractivity contribution in [2.45, 2.75) is 18.6 Å². The quantitative estimate of drug-likeness (QED) is 0.468. The predicted molar refractivity (Wildman–Crippen MR) is 104 cm³/mol. The predicted octanol–water partition coefficient (Wildman–Crippen LogP) is 4.25. The summed E-state index contributed by atoms with van der Waals surface area (Å²) in [5.41, 5.74) is 3.01. The minimum atomic E-state index is -3.05. The van der Waals surface area contributed by atoms with Crippen molar-refractivity contribution < 1.29 is 13.2 Å². The molecule has 1 heterocycles. The molecular formula is C20H18ClNO3S. The van der Waals surface area contributed by atoms with Gasteiger partial charge >= 0.3 is 0 Å². The molecule has 6 heteroatoms. The fourth-order valence-corrected chi connectivity index (χ4v) is 3.87. The second kappa shape index (κ2) is 7.56. The van der Waals surface area contributed by atoms with Crippen molar-refractivity contribution in [3.63, 3.8) is 0 Å². The second-order valence-corrected chi connectivity index (χ2v) is 8.85. The number of aryl methyl sites for hydroxylation is 1. The Hall–Kier alpha value is -2.24. The molecule has 0 saturated carbocycles. The van der Waals surface area contributed by atoms with Crippen LogP contribution in [0.25, 0.3) is 10.9 Å². The number of carbonyl (C=O) groups excluding carboxylic acids is 1. The van der Waals surface area contributed by atoms with Crippen LogP contribution in [-0.2, 0) is 22.0 Å². The molecule has 134 valence electrons. The number of fused-ring (bicyclic) bond motifs is 1. The summed E-state index contributed by atoms with van der Waals surface area (Å²) >= 11 is 6.04. The monoisotopic (exact) mass is 387 g/mol. The molecular weight excluding hydrogens is 370 g/mol. The molecule has 0 fully saturated rings. The number of ketones is 1. The maximum absolute atomic E-state index is 12.7. The van der Waals surface area contributed by atoms with Gasteiger partial charge in [0.2, 0.25) is 0 Å². The molecule has 26 heavy (non-hydrogen) atoms. The molecule has 4 nitrogen and oxygen atoms in total. The fourth-order valence-electron chi connectivity index (χ4n) is 2.87. The van der Waals surface area contributed by atoms with Crippen molar-refractivity contribution in [3.05, 3.63) is 76.4 Å². The van der Waals surface area contributed by atoms with Gasteiger partial charge in [0.25, 0.3) is 0 Å². The third kappa shape index (κ3) is 4.68. The molecule has 0 spiro atoms. The SMILES string of the molecule is CS(=O)(=O)Cc1ccc(CCC(=O)c2cc(Cl)nc3ccccc23)cc1. The fraction of sp³-hybridized carbons (Fsp3) is 0.200. The van der Waals surface area contributed by atoms with Crippen LogP contribution in [0.15, 0.2) is 54.6 Å². The summed E-state index contributed by atoms with van der Waals surface area (Å²) in [5.74, 6) is 0.0268. The van der Waals surface area contributed by atoms with Crippen molar-refractivity contribution in [1.82, 2.24) is 4.98 Å². The van der Waals surface area contributed by atoms with E-state index in [0.717, 1.165) is 16.5 Å². The number of nitrogens with zero attached hydrogens (tertiary/aromatic N) is 1. The number of halogens is 1. The third-order valence-corrected chi connectivity index (χ3v) is 5.13. The van der Waals surface area contributed by atoms with E-state index in [9.17, 15) is 13.2 Å². The number of hydrogen-bond donors (Lipinski definition) is 0. The zero-order valence-electron chi connectivity index (χ0n) is 14.3. The number of hydrogen-bond acceptors (Lipinski definition) is 4. The van der Waals surface area contributed by atoms with Crippen LogP contribution in [0.3, 0.4) is 0 Å². The summed E-state index contributed by atoms with van der Waals surface area (Å²) < 4.78 is 22.7. The second-order valence-electron chi connectivity index (χ2n) is 6.32. The number of carbonyl (C=O) groups is 1. The van der Waals surface area contributed by atoms with Gasteiger partial charge in [-0.2, -0.15) is 0 Å². The Morgan fingerprint density at radius 3 is 2.38 bits per heavy atom. The van der Waals surface area contributed by atoms with Gasteiger partial charge in [-0.3, -0.25) is 4.79 Å². The molecule has 0 amide bonds. The molecule has 3 aromatic rings. The number of Topliss-reactive ketones (excluding diaryl/α,β-unsaturated/α-hetero) is 1. The van der Waals surface area contributed by atoms with Crippen LogP contribution in [-0.4, -0.2) is 25.4 Å². The first kappa shape index (κ1) is 18.5. The lowest BCUT2D eigenvalue weighted by molar-refractivity contribution is 0.0984. The lowest BCUT2D eigenvalue weighted by atomic mass is 9.99. The molecule has 0 aliphatic carbocycles. The van der Waals surface area contributed by atoms with Crippen molar-refractivity contribution in [2.24, 2.45) is 0 Å². The summed E-state index contributed by atoms with van der Waals surface area (Å²) in [6.45, 7) is 0. The summed E-state index contributed by atoms with van der Waals surface area (Å²) in [6.07, 6.45) is 2.13. The largest absolute Gasteiger partial charge is 0.294 e. The average molecular weight is 388 g/mol. The van der Waals surface area contributed by atoms with E-state index in [2.05, 4.69) is 4.98 Å². The van der Waals surface area contributed by atoms with Crippen LogP contribution in [0.2, 0.25) is 5.15 Å².